The fourth-order valence-electron chi connectivity index (χ4n) is 2.60. The van der Waals surface area contributed by atoms with Gasteiger partial charge in [0, 0.05) is 19.2 Å². The highest BCUT2D eigenvalue weighted by Crippen LogP contribution is 2.38. The molecule has 23 heavy (non-hydrogen) atoms. The number of nitrogens with zero attached hydrogens (tertiary/aromatic N) is 1. The molecule has 0 radical (unpaired) electrons. The predicted octanol–water partition coefficient (Wildman–Crippen LogP) is 2.24. The number of benzene rings is 1. The number of ether oxygens (including phenoxy) is 2. The molecular formula is C16H18ClNO5. The standard InChI is InChI=1S/C16H18ClNO5/c1-9(19)13-14(10-4-6-11(17)7-5-10)18(16(21)15(13)20)8-12(22-2)23-3/h4-7,12,14,20H,8H2,1-3H3/t14-/m0/s1. The molecule has 6 nitrogen and oxygen atoms in total. The third-order valence-corrected chi connectivity index (χ3v) is 3.99. The van der Waals surface area contributed by atoms with Gasteiger partial charge in [0.15, 0.2) is 17.8 Å². The van der Waals surface area contributed by atoms with E-state index in [0.29, 0.717) is 10.6 Å². The van der Waals surface area contributed by atoms with Crippen LogP contribution in [0.2, 0.25) is 5.02 Å². The topological polar surface area (TPSA) is 76.1 Å². The molecule has 0 aromatic heterocycles. The second kappa shape index (κ2) is 7.12. The lowest BCUT2D eigenvalue weighted by atomic mass is 9.97. The van der Waals surface area contributed by atoms with Crippen LogP contribution in [0.25, 0.3) is 0 Å². The number of hydrogen-bond donors (Lipinski definition) is 1. The Balaban J connectivity index is 2.46. The summed E-state index contributed by atoms with van der Waals surface area (Å²) in [7, 11) is 2.90. The molecule has 1 N–H and O–H groups in total. The minimum absolute atomic E-state index is 0.0586. The molecule has 1 aliphatic heterocycles. The summed E-state index contributed by atoms with van der Waals surface area (Å²) < 4.78 is 10.2. The molecule has 0 fully saturated rings. The molecule has 1 aromatic carbocycles. The van der Waals surface area contributed by atoms with E-state index in [4.69, 9.17) is 21.1 Å². The van der Waals surface area contributed by atoms with Crippen LogP contribution < -0.4 is 0 Å². The largest absolute Gasteiger partial charge is 0.503 e. The van der Waals surface area contributed by atoms with Crippen LogP contribution in [-0.4, -0.2) is 48.8 Å². The van der Waals surface area contributed by atoms with Crippen molar-refractivity contribution < 1.29 is 24.2 Å². The fourth-order valence-corrected chi connectivity index (χ4v) is 2.72. The Morgan fingerprint density at radius 1 is 1.30 bits per heavy atom. The number of carbonyl (C=O) groups excluding carboxylic acids is 2. The molecule has 2 rings (SSSR count). The number of halogens is 1. The molecule has 1 aromatic rings. The van der Waals surface area contributed by atoms with Crippen LogP contribution in [0.5, 0.6) is 0 Å². The van der Waals surface area contributed by atoms with Gasteiger partial charge in [-0.25, -0.2) is 0 Å². The van der Waals surface area contributed by atoms with E-state index in [9.17, 15) is 14.7 Å². The molecule has 1 heterocycles. The van der Waals surface area contributed by atoms with E-state index in [1.165, 1.54) is 26.0 Å². The molecule has 0 aliphatic carbocycles. The summed E-state index contributed by atoms with van der Waals surface area (Å²) in [6, 6.07) is 6.05. The number of carbonyl (C=O) groups is 2. The summed E-state index contributed by atoms with van der Waals surface area (Å²) >= 11 is 5.89. The van der Waals surface area contributed by atoms with Gasteiger partial charge in [0.25, 0.3) is 5.91 Å². The number of hydrogen-bond acceptors (Lipinski definition) is 5. The number of aliphatic hydroxyl groups is 1. The molecule has 1 amide bonds. The predicted molar refractivity (Wildman–Crippen MR) is 84.0 cm³/mol. The number of rotatable bonds is 6. The zero-order chi connectivity index (χ0) is 17.1. The normalized spacial score (nSPS) is 18.2. The van der Waals surface area contributed by atoms with Gasteiger partial charge in [-0.05, 0) is 24.6 Å². The molecule has 1 atom stereocenters. The summed E-state index contributed by atoms with van der Waals surface area (Å²) in [6.07, 6.45) is -0.673. The molecule has 0 bridgehead atoms. The van der Waals surface area contributed by atoms with Gasteiger partial charge in [0.2, 0.25) is 0 Å². The van der Waals surface area contributed by atoms with Crippen LogP contribution in [0.1, 0.15) is 18.5 Å². The van der Waals surface area contributed by atoms with E-state index >= 15 is 0 Å². The SMILES string of the molecule is COC(CN1C(=O)C(O)=C(C(C)=O)[C@@H]1c1ccc(Cl)cc1)OC. The van der Waals surface area contributed by atoms with Crippen LogP contribution in [0.4, 0.5) is 0 Å². The minimum Gasteiger partial charge on any atom is -0.503 e. The Kier molecular flexibility index (Phi) is 5.41. The Labute approximate surface area is 139 Å². The first kappa shape index (κ1) is 17.5. The average molecular weight is 340 g/mol. The van der Waals surface area contributed by atoms with Crippen molar-refractivity contribution in [3.8, 4) is 0 Å². The molecule has 0 unspecified atom stereocenters. The van der Waals surface area contributed by atoms with Gasteiger partial charge in [0.1, 0.15) is 0 Å². The van der Waals surface area contributed by atoms with Crippen molar-refractivity contribution in [3.05, 3.63) is 46.2 Å². The highest BCUT2D eigenvalue weighted by molar-refractivity contribution is 6.30. The lowest BCUT2D eigenvalue weighted by Crippen LogP contribution is -2.38. The van der Waals surface area contributed by atoms with E-state index in [2.05, 4.69) is 0 Å². The first-order valence-electron chi connectivity index (χ1n) is 6.96. The zero-order valence-corrected chi connectivity index (χ0v) is 13.8. The smallest absolute Gasteiger partial charge is 0.290 e. The van der Waals surface area contributed by atoms with Gasteiger partial charge in [-0.3, -0.25) is 9.59 Å². The van der Waals surface area contributed by atoms with Crippen molar-refractivity contribution in [1.29, 1.82) is 0 Å². The van der Waals surface area contributed by atoms with Crippen molar-refractivity contribution in [2.45, 2.75) is 19.3 Å². The number of methoxy groups -OCH3 is 2. The van der Waals surface area contributed by atoms with Crippen LogP contribution in [-0.2, 0) is 19.1 Å². The van der Waals surface area contributed by atoms with Gasteiger partial charge in [-0.15, -0.1) is 0 Å². The van der Waals surface area contributed by atoms with Crippen LogP contribution in [0.3, 0.4) is 0 Å². The highest BCUT2D eigenvalue weighted by atomic mass is 35.5. The maximum Gasteiger partial charge on any atom is 0.290 e. The third kappa shape index (κ3) is 3.39. The monoisotopic (exact) mass is 339 g/mol. The van der Waals surface area contributed by atoms with E-state index < -0.39 is 24.0 Å². The summed E-state index contributed by atoms with van der Waals surface area (Å²) in [5, 5.41) is 10.6. The molecule has 124 valence electrons. The maximum absolute atomic E-state index is 12.4. The number of Topliss-reactive ketones (excluding diaryl/α,β-unsaturated/α-hetero) is 1. The van der Waals surface area contributed by atoms with Gasteiger partial charge < -0.3 is 19.5 Å². The quantitative estimate of drug-likeness (QED) is 0.804. The Hall–Kier alpha value is -1.89. The zero-order valence-electron chi connectivity index (χ0n) is 13.1. The Morgan fingerprint density at radius 2 is 1.87 bits per heavy atom. The van der Waals surface area contributed by atoms with E-state index in [-0.39, 0.29) is 17.9 Å². The maximum atomic E-state index is 12.4. The first-order valence-corrected chi connectivity index (χ1v) is 7.34. The van der Waals surface area contributed by atoms with Crippen molar-refractivity contribution >= 4 is 23.3 Å². The lowest BCUT2D eigenvalue weighted by Gasteiger charge is -2.29. The minimum atomic E-state index is -0.704. The molecule has 0 spiro atoms. The third-order valence-electron chi connectivity index (χ3n) is 3.74. The second-order valence-electron chi connectivity index (χ2n) is 5.13. The molecule has 1 aliphatic rings. The van der Waals surface area contributed by atoms with E-state index in [0.717, 1.165) is 0 Å². The van der Waals surface area contributed by atoms with Gasteiger partial charge >= 0.3 is 0 Å². The van der Waals surface area contributed by atoms with Crippen molar-refractivity contribution in [2.75, 3.05) is 20.8 Å². The van der Waals surface area contributed by atoms with E-state index in [1.54, 1.807) is 24.3 Å². The van der Waals surface area contributed by atoms with Gasteiger partial charge in [-0.2, -0.15) is 0 Å². The summed E-state index contributed by atoms with van der Waals surface area (Å²) in [4.78, 5) is 25.7. The second-order valence-corrected chi connectivity index (χ2v) is 5.57. The highest BCUT2D eigenvalue weighted by Gasteiger charge is 2.43. The van der Waals surface area contributed by atoms with Crippen LogP contribution >= 0.6 is 11.6 Å². The summed E-state index contributed by atoms with van der Waals surface area (Å²) in [5.41, 5.74) is 0.728. The molecule has 0 saturated heterocycles. The van der Waals surface area contributed by atoms with Crippen LogP contribution in [0, 0.1) is 0 Å². The van der Waals surface area contributed by atoms with Crippen molar-refractivity contribution in [2.24, 2.45) is 0 Å². The van der Waals surface area contributed by atoms with E-state index in [1.807, 2.05) is 0 Å². The van der Waals surface area contributed by atoms with Crippen LogP contribution in [0.15, 0.2) is 35.6 Å². The van der Waals surface area contributed by atoms with Crippen molar-refractivity contribution in [3.63, 3.8) is 0 Å². The number of amides is 1. The van der Waals surface area contributed by atoms with Gasteiger partial charge in [0.05, 0.1) is 18.2 Å². The summed E-state index contributed by atoms with van der Waals surface area (Å²) in [5.74, 6) is -1.54. The average Bonchev–Trinajstić information content (AvgIpc) is 2.77. The lowest BCUT2D eigenvalue weighted by molar-refractivity contribution is -0.144. The Morgan fingerprint density at radius 3 is 2.35 bits per heavy atom. The Bertz CT molecular complexity index is 636. The molecule has 0 saturated carbocycles. The van der Waals surface area contributed by atoms with Crippen molar-refractivity contribution in [1.82, 2.24) is 4.90 Å². The van der Waals surface area contributed by atoms with Gasteiger partial charge in [-0.1, -0.05) is 23.7 Å². The molecular weight excluding hydrogens is 322 g/mol. The number of aliphatic hydroxyl groups excluding tert-OH is 1. The number of ketones is 1. The fraction of sp³-hybridized carbons (Fsp3) is 0.375. The summed E-state index contributed by atoms with van der Waals surface area (Å²) in [6.45, 7) is 1.38. The first-order chi connectivity index (χ1) is 10.9. The molecule has 7 heteroatoms.